The molecule has 6 nitrogen and oxygen atoms in total. The smallest absolute Gasteiger partial charge is 0.236 e. The third-order valence-electron chi connectivity index (χ3n) is 4.84. The molecule has 0 unspecified atom stereocenters. The van der Waals surface area contributed by atoms with Crippen LogP contribution in [0.4, 0.5) is 5.13 Å². The summed E-state index contributed by atoms with van der Waals surface area (Å²) in [4.78, 5) is 17.5. The van der Waals surface area contributed by atoms with Crippen LogP contribution in [0.3, 0.4) is 0 Å². The Morgan fingerprint density at radius 3 is 2.48 bits per heavy atom. The number of carbonyl (C=O) groups is 1. The van der Waals surface area contributed by atoms with Crippen molar-refractivity contribution < 1.29 is 17.9 Å². The van der Waals surface area contributed by atoms with E-state index in [2.05, 4.69) is 10.3 Å². The number of thiazole rings is 1. The van der Waals surface area contributed by atoms with Crippen molar-refractivity contribution in [1.29, 1.82) is 0 Å². The van der Waals surface area contributed by atoms with Crippen molar-refractivity contribution in [3.05, 3.63) is 48.0 Å². The number of rotatable bonds is 5. The molecule has 0 atom stereocenters. The molecule has 1 fully saturated rings. The Morgan fingerprint density at radius 2 is 1.89 bits per heavy atom. The highest BCUT2D eigenvalue weighted by Gasteiger charge is 2.51. The van der Waals surface area contributed by atoms with Gasteiger partial charge in [0, 0.05) is 6.26 Å². The molecule has 1 aromatic heterocycles. The third kappa shape index (κ3) is 3.30. The van der Waals surface area contributed by atoms with E-state index in [0.29, 0.717) is 10.6 Å². The van der Waals surface area contributed by atoms with E-state index in [9.17, 15) is 13.2 Å². The number of anilines is 1. The van der Waals surface area contributed by atoms with Crippen LogP contribution in [-0.2, 0) is 20.0 Å². The number of carbonyl (C=O) groups excluding carboxylic acids is 1. The fraction of sp³-hybridized carbons (Fsp3) is 0.263. The summed E-state index contributed by atoms with van der Waals surface area (Å²) in [5.74, 6) is 0.665. The first kappa shape index (κ1) is 17.9. The molecule has 1 heterocycles. The Hall–Kier alpha value is -2.45. The van der Waals surface area contributed by atoms with E-state index in [1.54, 1.807) is 19.2 Å². The van der Waals surface area contributed by atoms with Crippen LogP contribution in [0.15, 0.2) is 47.4 Å². The minimum Gasteiger partial charge on any atom is -0.497 e. The van der Waals surface area contributed by atoms with Crippen LogP contribution >= 0.6 is 11.3 Å². The zero-order chi connectivity index (χ0) is 19.2. The number of hydrogen-bond donors (Lipinski definition) is 1. The van der Waals surface area contributed by atoms with Gasteiger partial charge in [-0.3, -0.25) is 4.79 Å². The molecular formula is C19H18N2O4S2. The van der Waals surface area contributed by atoms with Crippen molar-refractivity contribution >= 4 is 42.4 Å². The molecule has 0 radical (unpaired) electrons. The fourth-order valence-electron chi connectivity index (χ4n) is 3.09. The molecule has 2 aromatic carbocycles. The second kappa shape index (κ2) is 6.31. The summed E-state index contributed by atoms with van der Waals surface area (Å²) < 4.78 is 29.3. The van der Waals surface area contributed by atoms with E-state index in [1.807, 2.05) is 24.3 Å². The summed E-state index contributed by atoms with van der Waals surface area (Å²) in [7, 11) is -1.67. The highest BCUT2D eigenvalue weighted by atomic mass is 32.2. The first-order valence-electron chi connectivity index (χ1n) is 8.38. The van der Waals surface area contributed by atoms with E-state index < -0.39 is 15.3 Å². The summed E-state index contributed by atoms with van der Waals surface area (Å²) in [5.41, 5.74) is 1.10. The van der Waals surface area contributed by atoms with Crippen LogP contribution in [-0.4, -0.2) is 32.7 Å². The maximum atomic E-state index is 12.9. The predicted octanol–water partition coefficient (Wildman–Crippen LogP) is 3.38. The quantitative estimate of drug-likeness (QED) is 0.707. The summed E-state index contributed by atoms with van der Waals surface area (Å²) >= 11 is 1.27. The van der Waals surface area contributed by atoms with Crippen molar-refractivity contribution in [3.63, 3.8) is 0 Å². The van der Waals surface area contributed by atoms with Gasteiger partial charge in [-0.1, -0.05) is 23.5 Å². The molecular weight excluding hydrogens is 384 g/mol. The molecule has 1 N–H and O–H groups in total. The molecule has 0 aliphatic heterocycles. The number of nitrogens with one attached hydrogen (secondary N) is 1. The van der Waals surface area contributed by atoms with Crippen molar-refractivity contribution in [2.24, 2.45) is 0 Å². The number of ether oxygens (including phenoxy) is 1. The molecule has 0 spiro atoms. The standard InChI is InChI=1S/C19H18N2O4S2/c1-25-13-5-3-12(4-6-13)19(9-10-19)17(22)21-18-20-15-8-7-14(27(2,23)24)11-16(15)26-18/h3-8,11H,9-10H2,1-2H3,(H,20,21,22). The number of fused-ring (bicyclic) bond motifs is 1. The van der Waals surface area contributed by atoms with Gasteiger partial charge < -0.3 is 10.1 Å². The second-order valence-electron chi connectivity index (χ2n) is 6.69. The second-order valence-corrected chi connectivity index (χ2v) is 9.73. The lowest BCUT2D eigenvalue weighted by atomic mass is 9.95. The van der Waals surface area contributed by atoms with Crippen LogP contribution in [0.2, 0.25) is 0 Å². The largest absolute Gasteiger partial charge is 0.497 e. The van der Waals surface area contributed by atoms with Gasteiger partial charge in [0.2, 0.25) is 5.91 Å². The van der Waals surface area contributed by atoms with Gasteiger partial charge in [0.1, 0.15) is 5.75 Å². The van der Waals surface area contributed by atoms with Gasteiger partial charge >= 0.3 is 0 Å². The van der Waals surface area contributed by atoms with Crippen LogP contribution in [0.25, 0.3) is 10.2 Å². The maximum Gasteiger partial charge on any atom is 0.236 e. The third-order valence-corrected chi connectivity index (χ3v) is 6.88. The first-order chi connectivity index (χ1) is 12.8. The number of aromatic nitrogens is 1. The highest BCUT2D eigenvalue weighted by molar-refractivity contribution is 7.90. The number of methoxy groups -OCH3 is 1. The first-order valence-corrected chi connectivity index (χ1v) is 11.1. The fourth-order valence-corrected chi connectivity index (χ4v) is 4.71. The predicted molar refractivity (Wildman–Crippen MR) is 105 cm³/mol. The molecule has 4 rings (SSSR count). The molecule has 3 aromatic rings. The average Bonchev–Trinajstić information content (AvgIpc) is 3.35. The molecule has 0 saturated heterocycles. The van der Waals surface area contributed by atoms with Crippen molar-refractivity contribution in [3.8, 4) is 5.75 Å². The van der Waals surface area contributed by atoms with Gasteiger partial charge in [-0.15, -0.1) is 0 Å². The molecule has 140 valence electrons. The topological polar surface area (TPSA) is 85.4 Å². The van der Waals surface area contributed by atoms with Crippen molar-refractivity contribution in [2.45, 2.75) is 23.2 Å². The summed E-state index contributed by atoms with van der Waals surface area (Å²) in [5, 5.41) is 3.38. The number of hydrogen-bond acceptors (Lipinski definition) is 6. The Balaban J connectivity index is 1.59. The molecule has 1 aliphatic carbocycles. The number of sulfone groups is 1. The molecule has 1 saturated carbocycles. The van der Waals surface area contributed by atoms with Gasteiger partial charge in [-0.2, -0.15) is 0 Å². The molecule has 27 heavy (non-hydrogen) atoms. The molecule has 1 aliphatic rings. The van der Waals surface area contributed by atoms with Gasteiger partial charge in [-0.25, -0.2) is 13.4 Å². The molecule has 0 bridgehead atoms. The lowest BCUT2D eigenvalue weighted by Crippen LogP contribution is -2.27. The monoisotopic (exact) mass is 402 g/mol. The summed E-state index contributed by atoms with van der Waals surface area (Å²) in [6.45, 7) is 0. The zero-order valence-corrected chi connectivity index (χ0v) is 16.5. The van der Waals surface area contributed by atoms with Crippen LogP contribution in [0.1, 0.15) is 18.4 Å². The molecule has 1 amide bonds. The average molecular weight is 402 g/mol. The highest BCUT2D eigenvalue weighted by Crippen LogP contribution is 2.49. The minimum atomic E-state index is -3.28. The number of nitrogens with zero attached hydrogens (tertiary/aromatic N) is 1. The lowest BCUT2D eigenvalue weighted by Gasteiger charge is -2.15. The number of benzene rings is 2. The van der Waals surface area contributed by atoms with Gasteiger partial charge in [0.15, 0.2) is 15.0 Å². The summed E-state index contributed by atoms with van der Waals surface area (Å²) in [6.07, 6.45) is 2.74. The van der Waals surface area contributed by atoms with Crippen LogP contribution in [0, 0.1) is 0 Å². The van der Waals surface area contributed by atoms with Crippen molar-refractivity contribution in [1.82, 2.24) is 4.98 Å². The molecule has 8 heteroatoms. The van der Waals surface area contributed by atoms with Crippen LogP contribution < -0.4 is 10.1 Å². The Bertz CT molecular complexity index is 1130. The van der Waals surface area contributed by atoms with Gasteiger partial charge in [0.05, 0.1) is 27.6 Å². The van der Waals surface area contributed by atoms with E-state index in [4.69, 9.17) is 4.74 Å². The van der Waals surface area contributed by atoms with Crippen molar-refractivity contribution in [2.75, 3.05) is 18.7 Å². The van der Waals surface area contributed by atoms with E-state index >= 15 is 0 Å². The van der Waals surface area contributed by atoms with E-state index in [-0.39, 0.29) is 10.8 Å². The Morgan fingerprint density at radius 1 is 1.19 bits per heavy atom. The number of amides is 1. The SMILES string of the molecule is COc1ccc(C2(C(=O)Nc3nc4ccc(S(C)(=O)=O)cc4s3)CC2)cc1. The Kier molecular flexibility index (Phi) is 4.20. The lowest BCUT2D eigenvalue weighted by molar-refractivity contribution is -0.118. The normalized spacial score (nSPS) is 15.5. The Labute approximate surface area is 161 Å². The van der Waals surface area contributed by atoms with E-state index in [1.165, 1.54) is 23.7 Å². The minimum absolute atomic E-state index is 0.0879. The van der Waals surface area contributed by atoms with Crippen LogP contribution in [0.5, 0.6) is 5.75 Å². The van der Waals surface area contributed by atoms with E-state index in [0.717, 1.165) is 28.9 Å². The summed E-state index contributed by atoms with van der Waals surface area (Å²) in [6, 6.07) is 12.3. The zero-order valence-electron chi connectivity index (χ0n) is 14.9. The van der Waals surface area contributed by atoms with Gasteiger partial charge in [-0.05, 0) is 48.7 Å². The van der Waals surface area contributed by atoms with Gasteiger partial charge in [0.25, 0.3) is 0 Å². The maximum absolute atomic E-state index is 12.9.